The van der Waals surface area contributed by atoms with Crippen molar-refractivity contribution in [1.82, 2.24) is 20.6 Å². The summed E-state index contributed by atoms with van der Waals surface area (Å²) in [4.78, 5) is 34.8. The molecule has 0 spiro atoms. The summed E-state index contributed by atoms with van der Waals surface area (Å²) in [7, 11) is 1.63. The Morgan fingerprint density at radius 2 is 2.05 bits per heavy atom. The first-order chi connectivity index (χ1) is 17.8. The van der Waals surface area contributed by atoms with Crippen molar-refractivity contribution in [3.8, 4) is 22.2 Å². The van der Waals surface area contributed by atoms with Gasteiger partial charge in [0.05, 0.1) is 31.0 Å². The summed E-state index contributed by atoms with van der Waals surface area (Å²) in [5, 5.41) is 9.89. The van der Waals surface area contributed by atoms with Crippen molar-refractivity contribution in [3.05, 3.63) is 35.3 Å². The van der Waals surface area contributed by atoms with E-state index in [1.165, 1.54) is 0 Å². The van der Waals surface area contributed by atoms with Crippen LogP contribution in [0.4, 0.5) is 0 Å². The minimum absolute atomic E-state index is 0.203. The van der Waals surface area contributed by atoms with Gasteiger partial charge in [0.1, 0.15) is 33.8 Å². The molecule has 10 heteroatoms. The number of carbonyl (C=O) groups excluding carboxylic acids is 2. The molecule has 1 saturated carbocycles. The lowest BCUT2D eigenvalue weighted by molar-refractivity contribution is -0.149. The second-order valence-electron chi connectivity index (χ2n) is 9.85. The maximum Gasteiger partial charge on any atom is 0.331 e. The zero-order valence-corrected chi connectivity index (χ0v) is 22.3. The van der Waals surface area contributed by atoms with Gasteiger partial charge in [-0.1, -0.05) is 13.8 Å². The Morgan fingerprint density at radius 3 is 2.73 bits per heavy atom. The standard InChI is InChI=1S/C27H32N4O5S/c1-5-35-26(33)27(8-9-27)31-24(32)20-11-17(13-28-20)36-23-12-21(25-30-22(14-37-25)15(2)3)29-19-10-16(34-4)6-7-18(19)23/h6-7,10,12,14-15,17,20,28H,5,8-9,11,13H2,1-4H3,(H,31,32)/t17-,20+/m1/s1. The molecule has 1 aromatic carbocycles. The van der Waals surface area contributed by atoms with Gasteiger partial charge in [0, 0.05) is 35.9 Å². The van der Waals surface area contributed by atoms with Crippen LogP contribution in [-0.4, -0.2) is 59.8 Å². The van der Waals surface area contributed by atoms with Crippen LogP contribution in [0.2, 0.25) is 0 Å². The first kappa shape index (κ1) is 25.4. The summed E-state index contributed by atoms with van der Waals surface area (Å²) in [6, 6.07) is 7.17. The number of esters is 1. The van der Waals surface area contributed by atoms with Crippen LogP contribution in [0.5, 0.6) is 11.5 Å². The number of pyridine rings is 1. The topological polar surface area (TPSA) is 112 Å². The lowest BCUT2D eigenvalue weighted by Gasteiger charge is -2.19. The molecule has 37 heavy (non-hydrogen) atoms. The number of aromatic nitrogens is 2. The molecular formula is C27H32N4O5S. The zero-order chi connectivity index (χ0) is 26.2. The van der Waals surface area contributed by atoms with Gasteiger partial charge in [0.25, 0.3) is 0 Å². The molecule has 1 amide bonds. The molecule has 5 rings (SSSR count). The van der Waals surface area contributed by atoms with E-state index in [1.54, 1.807) is 25.4 Å². The molecule has 2 aromatic heterocycles. The van der Waals surface area contributed by atoms with Crippen molar-refractivity contribution < 1.29 is 23.8 Å². The summed E-state index contributed by atoms with van der Waals surface area (Å²) in [5.41, 5.74) is 1.64. The number of carbonyl (C=O) groups is 2. The second-order valence-corrected chi connectivity index (χ2v) is 10.7. The van der Waals surface area contributed by atoms with E-state index < -0.39 is 11.6 Å². The fourth-order valence-corrected chi connectivity index (χ4v) is 5.39. The van der Waals surface area contributed by atoms with Crippen molar-refractivity contribution in [2.45, 2.75) is 63.6 Å². The van der Waals surface area contributed by atoms with Crippen LogP contribution in [0.15, 0.2) is 29.6 Å². The first-order valence-electron chi connectivity index (χ1n) is 12.7. The quantitative estimate of drug-likeness (QED) is 0.407. The fourth-order valence-electron chi connectivity index (χ4n) is 4.45. The number of rotatable bonds is 9. The van der Waals surface area contributed by atoms with Crippen molar-refractivity contribution in [2.75, 3.05) is 20.3 Å². The lowest BCUT2D eigenvalue weighted by Crippen LogP contribution is -2.50. The SMILES string of the molecule is CCOC(=O)C1(NC(=O)[C@@H]2C[C@@H](Oc3cc(-c4nc(C(C)C)cs4)nc4cc(OC)ccc34)CN2)CC1. The van der Waals surface area contributed by atoms with Crippen molar-refractivity contribution in [2.24, 2.45) is 0 Å². The van der Waals surface area contributed by atoms with E-state index in [4.69, 9.17) is 24.2 Å². The Balaban J connectivity index is 1.35. The van der Waals surface area contributed by atoms with E-state index in [9.17, 15) is 9.59 Å². The fraction of sp³-hybridized carbons (Fsp3) is 0.481. The van der Waals surface area contributed by atoms with E-state index >= 15 is 0 Å². The molecule has 2 N–H and O–H groups in total. The van der Waals surface area contributed by atoms with E-state index in [-0.39, 0.29) is 18.0 Å². The van der Waals surface area contributed by atoms with E-state index in [2.05, 4.69) is 29.9 Å². The van der Waals surface area contributed by atoms with Gasteiger partial charge in [-0.2, -0.15) is 0 Å². The van der Waals surface area contributed by atoms with Crippen LogP contribution in [0, 0.1) is 0 Å². The first-order valence-corrected chi connectivity index (χ1v) is 13.5. The van der Waals surface area contributed by atoms with Gasteiger partial charge in [-0.05, 0) is 37.8 Å². The molecule has 9 nitrogen and oxygen atoms in total. The third-order valence-electron chi connectivity index (χ3n) is 6.79. The van der Waals surface area contributed by atoms with Crippen LogP contribution in [-0.2, 0) is 14.3 Å². The van der Waals surface area contributed by atoms with E-state index in [0.29, 0.717) is 49.8 Å². The average Bonchev–Trinajstić information content (AvgIpc) is 3.28. The van der Waals surface area contributed by atoms with Crippen molar-refractivity contribution in [3.63, 3.8) is 0 Å². The maximum atomic E-state index is 12.9. The number of fused-ring (bicyclic) bond motifs is 1. The van der Waals surface area contributed by atoms with Crippen molar-refractivity contribution >= 4 is 34.1 Å². The Labute approximate surface area is 219 Å². The van der Waals surface area contributed by atoms with Crippen LogP contribution in [0.1, 0.15) is 51.6 Å². The Kier molecular flexibility index (Phi) is 7.04. The molecule has 0 bridgehead atoms. The van der Waals surface area contributed by atoms with Gasteiger partial charge in [0.15, 0.2) is 0 Å². The molecule has 2 fully saturated rings. The molecule has 3 aromatic rings. The van der Waals surface area contributed by atoms with Crippen molar-refractivity contribution in [1.29, 1.82) is 0 Å². The molecule has 1 saturated heterocycles. The average molecular weight is 525 g/mol. The number of hydrogen-bond acceptors (Lipinski definition) is 9. The summed E-state index contributed by atoms with van der Waals surface area (Å²) in [5.74, 6) is 1.16. The monoisotopic (exact) mass is 524 g/mol. The highest BCUT2D eigenvalue weighted by molar-refractivity contribution is 7.13. The highest BCUT2D eigenvalue weighted by Crippen LogP contribution is 2.38. The van der Waals surface area contributed by atoms with Crippen LogP contribution in [0.3, 0.4) is 0 Å². The summed E-state index contributed by atoms with van der Waals surface area (Å²) in [6.45, 7) is 6.79. The van der Waals surface area contributed by atoms with Gasteiger partial charge in [-0.25, -0.2) is 14.8 Å². The van der Waals surface area contributed by atoms with Crippen LogP contribution < -0.4 is 20.1 Å². The molecule has 3 heterocycles. The van der Waals surface area contributed by atoms with Gasteiger partial charge in [-0.3, -0.25) is 4.79 Å². The number of ether oxygens (including phenoxy) is 3. The van der Waals surface area contributed by atoms with Gasteiger partial charge < -0.3 is 24.8 Å². The minimum atomic E-state index is -0.870. The molecular weight excluding hydrogens is 492 g/mol. The van der Waals surface area contributed by atoms with Crippen LogP contribution >= 0.6 is 11.3 Å². The van der Waals surface area contributed by atoms with Crippen LogP contribution in [0.25, 0.3) is 21.6 Å². The largest absolute Gasteiger partial charge is 0.497 e. The Bertz CT molecular complexity index is 1320. The molecule has 2 atom stereocenters. The molecule has 1 aliphatic heterocycles. The number of thiazole rings is 1. The summed E-state index contributed by atoms with van der Waals surface area (Å²) < 4.78 is 17.0. The maximum absolute atomic E-state index is 12.9. The normalized spacial score (nSPS) is 20.1. The third-order valence-corrected chi connectivity index (χ3v) is 7.67. The Hall–Kier alpha value is -3.24. The number of nitrogens with zero attached hydrogens (tertiary/aromatic N) is 2. The molecule has 1 aliphatic carbocycles. The lowest BCUT2D eigenvalue weighted by atomic mass is 10.1. The predicted molar refractivity (Wildman–Crippen MR) is 141 cm³/mol. The Morgan fingerprint density at radius 1 is 1.24 bits per heavy atom. The third kappa shape index (κ3) is 5.26. The predicted octanol–water partition coefficient (Wildman–Crippen LogP) is 3.81. The van der Waals surface area contributed by atoms with Gasteiger partial charge >= 0.3 is 5.97 Å². The highest BCUT2D eigenvalue weighted by atomic mass is 32.1. The van der Waals surface area contributed by atoms with E-state index in [0.717, 1.165) is 27.3 Å². The summed E-state index contributed by atoms with van der Waals surface area (Å²) in [6.07, 6.45) is 1.47. The minimum Gasteiger partial charge on any atom is -0.497 e. The molecule has 2 aliphatic rings. The van der Waals surface area contributed by atoms with Gasteiger partial charge in [-0.15, -0.1) is 11.3 Å². The number of amides is 1. The number of nitrogens with one attached hydrogen (secondary N) is 2. The molecule has 196 valence electrons. The second kappa shape index (κ2) is 10.3. The number of benzene rings is 1. The number of methoxy groups -OCH3 is 1. The molecule has 0 unspecified atom stereocenters. The van der Waals surface area contributed by atoms with E-state index in [1.807, 2.05) is 24.3 Å². The van der Waals surface area contributed by atoms with Gasteiger partial charge in [0.2, 0.25) is 5.91 Å². The molecule has 0 radical (unpaired) electrons. The zero-order valence-electron chi connectivity index (χ0n) is 21.5. The smallest absolute Gasteiger partial charge is 0.331 e. The summed E-state index contributed by atoms with van der Waals surface area (Å²) >= 11 is 1.56. The number of hydrogen-bond donors (Lipinski definition) is 2. The highest BCUT2D eigenvalue weighted by Gasteiger charge is 2.53.